The number of unbranched alkanes of at least 4 members (excludes halogenated alkanes) is 2. The predicted molar refractivity (Wildman–Crippen MR) is 59.1 cm³/mol. The van der Waals surface area contributed by atoms with Gasteiger partial charge in [-0.1, -0.05) is 31.9 Å². The van der Waals surface area contributed by atoms with Crippen LogP contribution in [-0.4, -0.2) is 11.6 Å². The lowest BCUT2D eigenvalue weighted by atomic mass is 10.2. The lowest BCUT2D eigenvalue weighted by Gasteiger charge is -2.18. The van der Waals surface area contributed by atoms with Crippen LogP contribution in [-0.2, 0) is 9.53 Å². The number of allylic oxidation sites excluding steroid dienone is 1. The molecule has 0 amide bonds. The zero-order chi connectivity index (χ0) is 11.0. The van der Waals surface area contributed by atoms with Crippen LogP contribution >= 0.6 is 0 Å². The van der Waals surface area contributed by atoms with E-state index in [0.717, 1.165) is 6.42 Å². The number of esters is 1. The molecule has 0 heterocycles. The van der Waals surface area contributed by atoms with Gasteiger partial charge in [-0.3, -0.25) is 4.79 Å². The number of hydrogen-bond acceptors (Lipinski definition) is 2. The Labute approximate surface area is 87.3 Å². The largest absolute Gasteiger partial charge is 0.460 e. The van der Waals surface area contributed by atoms with Gasteiger partial charge in [-0.25, -0.2) is 0 Å². The van der Waals surface area contributed by atoms with Gasteiger partial charge < -0.3 is 4.74 Å². The molecule has 0 bridgehead atoms. The normalized spacial score (nSPS) is 12.0. The highest BCUT2D eigenvalue weighted by Crippen LogP contribution is 2.08. The highest BCUT2D eigenvalue weighted by molar-refractivity contribution is 5.71. The van der Waals surface area contributed by atoms with E-state index in [4.69, 9.17) is 4.74 Å². The Morgan fingerprint density at radius 3 is 2.43 bits per heavy atom. The van der Waals surface area contributed by atoms with Gasteiger partial charge in [0.15, 0.2) is 0 Å². The monoisotopic (exact) mass is 198 g/mol. The minimum atomic E-state index is -0.367. The van der Waals surface area contributed by atoms with Crippen LogP contribution in [0, 0.1) is 0 Å². The number of rotatable bonds is 5. The number of carbonyl (C=O) groups excluding carboxylic acids is 1. The van der Waals surface area contributed by atoms with Gasteiger partial charge in [0.1, 0.15) is 5.60 Å². The molecule has 0 spiro atoms. The zero-order valence-corrected chi connectivity index (χ0v) is 9.80. The molecule has 0 atom stereocenters. The highest BCUT2D eigenvalue weighted by Gasteiger charge is 2.14. The van der Waals surface area contributed by atoms with Crippen LogP contribution in [0.3, 0.4) is 0 Å². The van der Waals surface area contributed by atoms with Crippen molar-refractivity contribution in [3.63, 3.8) is 0 Å². The predicted octanol–water partition coefficient (Wildman–Crippen LogP) is 3.46. The standard InChI is InChI=1S/C12H22O2/c1-5-6-7-8-9-10-11(13)14-12(2,3)4/h8-9H,5-7,10H2,1-4H3. The fourth-order valence-electron chi connectivity index (χ4n) is 1.00. The molecule has 0 saturated heterocycles. The Kier molecular flexibility index (Phi) is 6.26. The van der Waals surface area contributed by atoms with Crippen molar-refractivity contribution >= 4 is 5.97 Å². The Bertz CT molecular complexity index is 187. The molecule has 2 heteroatoms. The Hall–Kier alpha value is -0.790. The molecule has 0 N–H and O–H groups in total. The van der Waals surface area contributed by atoms with Crippen molar-refractivity contribution in [1.82, 2.24) is 0 Å². The van der Waals surface area contributed by atoms with E-state index in [-0.39, 0.29) is 11.6 Å². The summed E-state index contributed by atoms with van der Waals surface area (Å²) < 4.78 is 5.15. The maximum absolute atomic E-state index is 11.2. The SMILES string of the molecule is CCCCC=CCC(=O)OC(C)(C)C. The van der Waals surface area contributed by atoms with Crippen molar-refractivity contribution < 1.29 is 9.53 Å². The Morgan fingerprint density at radius 1 is 1.29 bits per heavy atom. The molecule has 0 aliphatic heterocycles. The van der Waals surface area contributed by atoms with Crippen LogP contribution in [0.1, 0.15) is 53.4 Å². The van der Waals surface area contributed by atoms with E-state index in [9.17, 15) is 4.79 Å². The summed E-state index contributed by atoms with van der Waals surface area (Å²) in [6.45, 7) is 7.80. The molecule has 0 aliphatic carbocycles. The molecule has 0 saturated carbocycles. The molecule has 0 aromatic heterocycles. The molecular weight excluding hydrogens is 176 g/mol. The average molecular weight is 198 g/mol. The Balaban J connectivity index is 3.59. The molecule has 82 valence electrons. The van der Waals surface area contributed by atoms with Crippen LogP contribution in [0.5, 0.6) is 0 Å². The molecular formula is C12H22O2. The van der Waals surface area contributed by atoms with Gasteiger partial charge in [0.2, 0.25) is 0 Å². The maximum Gasteiger partial charge on any atom is 0.310 e. The van der Waals surface area contributed by atoms with Crippen molar-refractivity contribution in [2.24, 2.45) is 0 Å². The molecule has 0 radical (unpaired) electrons. The van der Waals surface area contributed by atoms with E-state index in [0.29, 0.717) is 6.42 Å². The summed E-state index contributed by atoms with van der Waals surface area (Å²) in [7, 11) is 0. The smallest absolute Gasteiger partial charge is 0.310 e. The van der Waals surface area contributed by atoms with Gasteiger partial charge in [-0.15, -0.1) is 0 Å². The van der Waals surface area contributed by atoms with Gasteiger partial charge in [-0.2, -0.15) is 0 Å². The summed E-state index contributed by atoms with van der Waals surface area (Å²) in [4.78, 5) is 11.2. The van der Waals surface area contributed by atoms with E-state index >= 15 is 0 Å². The highest BCUT2D eigenvalue weighted by atomic mass is 16.6. The second kappa shape index (κ2) is 6.63. The number of carbonyl (C=O) groups is 1. The maximum atomic E-state index is 11.2. The van der Waals surface area contributed by atoms with Gasteiger partial charge in [0.05, 0.1) is 6.42 Å². The van der Waals surface area contributed by atoms with Crippen molar-refractivity contribution in [1.29, 1.82) is 0 Å². The summed E-state index contributed by atoms with van der Waals surface area (Å²) >= 11 is 0. The van der Waals surface area contributed by atoms with E-state index in [1.165, 1.54) is 12.8 Å². The first-order chi connectivity index (χ1) is 6.45. The van der Waals surface area contributed by atoms with E-state index < -0.39 is 0 Å². The van der Waals surface area contributed by atoms with Gasteiger partial charge in [0, 0.05) is 0 Å². The third-order valence-electron chi connectivity index (χ3n) is 1.60. The van der Waals surface area contributed by atoms with Crippen LogP contribution in [0.15, 0.2) is 12.2 Å². The van der Waals surface area contributed by atoms with Crippen molar-refractivity contribution in [2.75, 3.05) is 0 Å². The van der Waals surface area contributed by atoms with Crippen LogP contribution < -0.4 is 0 Å². The van der Waals surface area contributed by atoms with Crippen LogP contribution in [0.25, 0.3) is 0 Å². The van der Waals surface area contributed by atoms with Crippen molar-refractivity contribution in [2.45, 2.75) is 59.0 Å². The third-order valence-corrected chi connectivity index (χ3v) is 1.60. The van der Waals surface area contributed by atoms with E-state index in [1.807, 2.05) is 32.9 Å². The Morgan fingerprint density at radius 2 is 1.93 bits per heavy atom. The lowest BCUT2D eigenvalue weighted by Crippen LogP contribution is -2.23. The lowest BCUT2D eigenvalue weighted by molar-refractivity contribution is -0.153. The quantitative estimate of drug-likeness (QED) is 0.384. The summed E-state index contributed by atoms with van der Waals surface area (Å²) in [5.74, 6) is -0.148. The third kappa shape index (κ3) is 9.30. The summed E-state index contributed by atoms with van der Waals surface area (Å²) in [6, 6.07) is 0. The molecule has 0 aliphatic rings. The molecule has 0 unspecified atom stereocenters. The van der Waals surface area contributed by atoms with Crippen LogP contribution in [0.4, 0.5) is 0 Å². The second-order valence-corrected chi connectivity index (χ2v) is 4.40. The first-order valence-corrected chi connectivity index (χ1v) is 5.32. The van der Waals surface area contributed by atoms with Gasteiger partial charge >= 0.3 is 5.97 Å². The molecule has 14 heavy (non-hydrogen) atoms. The summed E-state index contributed by atoms with van der Waals surface area (Å²) in [6.07, 6.45) is 7.76. The fourth-order valence-corrected chi connectivity index (χ4v) is 1.00. The zero-order valence-electron chi connectivity index (χ0n) is 9.80. The topological polar surface area (TPSA) is 26.3 Å². The van der Waals surface area contributed by atoms with Gasteiger partial charge in [-0.05, 0) is 27.2 Å². The first-order valence-electron chi connectivity index (χ1n) is 5.32. The number of hydrogen-bond donors (Lipinski definition) is 0. The van der Waals surface area contributed by atoms with Gasteiger partial charge in [0.25, 0.3) is 0 Å². The second-order valence-electron chi connectivity index (χ2n) is 4.40. The minimum Gasteiger partial charge on any atom is -0.460 e. The first kappa shape index (κ1) is 13.2. The van der Waals surface area contributed by atoms with E-state index in [1.54, 1.807) is 0 Å². The summed E-state index contributed by atoms with van der Waals surface area (Å²) in [5, 5.41) is 0. The fraction of sp³-hybridized carbons (Fsp3) is 0.750. The molecule has 2 nitrogen and oxygen atoms in total. The molecule has 0 fully saturated rings. The molecule has 0 aromatic carbocycles. The van der Waals surface area contributed by atoms with Crippen molar-refractivity contribution in [3.8, 4) is 0 Å². The minimum absolute atomic E-state index is 0.148. The summed E-state index contributed by atoms with van der Waals surface area (Å²) in [5.41, 5.74) is -0.367. The molecule has 0 rings (SSSR count). The van der Waals surface area contributed by atoms with Crippen LogP contribution in [0.2, 0.25) is 0 Å². The average Bonchev–Trinajstić information content (AvgIpc) is 2.00. The van der Waals surface area contributed by atoms with Crippen molar-refractivity contribution in [3.05, 3.63) is 12.2 Å². The van der Waals surface area contributed by atoms with E-state index in [2.05, 4.69) is 6.92 Å². The molecule has 0 aromatic rings. The number of ether oxygens (including phenoxy) is 1.